The van der Waals surface area contributed by atoms with Crippen molar-refractivity contribution in [2.45, 2.75) is 77.5 Å². The molecule has 1 N–H and O–H groups in total. The van der Waals surface area contributed by atoms with Crippen molar-refractivity contribution in [3.8, 4) is 0 Å². The average molecular weight is 289 g/mol. The Labute approximate surface area is 130 Å². The Morgan fingerprint density at radius 1 is 1.19 bits per heavy atom. The van der Waals surface area contributed by atoms with Crippen LogP contribution < -0.4 is 5.32 Å². The molecule has 2 rings (SSSR count). The molecule has 0 aromatic heterocycles. The van der Waals surface area contributed by atoms with Crippen LogP contribution in [0.3, 0.4) is 0 Å². The lowest BCUT2D eigenvalue weighted by molar-refractivity contribution is -0.0204. The molecule has 0 bridgehead atoms. The molecule has 0 saturated carbocycles. The van der Waals surface area contributed by atoms with E-state index in [1.807, 2.05) is 0 Å². The molecule has 21 heavy (non-hydrogen) atoms. The molecule has 0 saturated heterocycles. The van der Waals surface area contributed by atoms with Gasteiger partial charge in [0.25, 0.3) is 0 Å². The zero-order chi connectivity index (χ0) is 15.1. The number of likely N-dealkylation sites (N-methyl/N-ethyl adjacent to an activating group) is 1. The van der Waals surface area contributed by atoms with E-state index in [1.165, 1.54) is 43.2 Å². The predicted octanol–water partition coefficient (Wildman–Crippen LogP) is 4.64. The Bertz CT molecular complexity index is 418. The molecule has 1 aliphatic carbocycles. The molecule has 1 aromatic carbocycles. The van der Waals surface area contributed by atoms with Crippen molar-refractivity contribution in [2.24, 2.45) is 0 Å². The number of benzene rings is 1. The van der Waals surface area contributed by atoms with Crippen LogP contribution in [0, 0.1) is 0 Å². The fraction of sp³-hybridized carbons (Fsp3) is 0.684. The largest absolute Gasteiger partial charge is 0.373 e. The van der Waals surface area contributed by atoms with E-state index in [9.17, 15) is 0 Å². The molecule has 3 unspecified atom stereocenters. The second kappa shape index (κ2) is 8.55. The van der Waals surface area contributed by atoms with Gasteiger partial charge in [0.2, 0.25) is 0 Å². The first kappa shape index (κ1) is 16.5. The van der Waals surface area contributed by atoms with E-state index in [2.05, 4.69) is 50.4 Å². The number of rotatable bonds is 9. The van der Waals surface area contributed by atoms with Crippen LogP contribution in [-0.4, -0.2) is 18.8 Å². The summed E-state index contributed by atoms with van der Waals surface area (Å²) in [4.78, 5) is 0. The molecule has 1 aliphatic rings. The van der Waals surface area contributed by atoms with Gasteiger partial charge in [-0.15, -0.1) is 0 Å². The van der Waals surface area contributed by atoms with Gasteiger partial charge in [-0.05, 0) is 31.0 Å². The normalized spacial score (nSPS) is 22.2. The van der Waals surface area contributed by atoms with E-state index in [0.717, 1.165) is 13.0 Å². The number of ether oxygens (including phenoxy) is 1. The molecule has 0 aliphatic heterocycles. The molecular weight excluding hydrogens is 258 g/mol. The first-order chi connectivity index (χ1) is 10.3. The first-order valence-corrected chi connectivity index (χ1v) is 8.72. The molecule has 1 aromatic rings. The van der Waals surface area contributed by atoms with E-state index < -0.39 is 0 Å². The van der Waals surface area contributed by atoms with Crippen molar-refractivity contribution in [3.63, 3.8) is 0 Å². The topological polar surface area (TPSA) is 21.3 Å². The lowest BCUT2D eigenvalue weighted by atomic mass is 10.1. The minimum atomic E-state index is 0.295. The Morgan fingerprint density at radius 3 is 2.76 bits per heavy atom. The summed E-state index contributed by atoms with van der Waals surface area (Å²) >= 11 is 0. The molecular formula is C19H31NO. The third-order valence-electron chi connectivity index (χ3n) is 4.48. The maximum atomic E-state index is 6.38. The molecule has 0 spiro atoms. The summed E-state index contributed by atoms with van der Waals surface area (Å²) in [5.41, 5.74) is 2.88. The lowest BCUT2D eigenvalue weighted by Gasteiger charge is -2.25. The van der Waals surface area contributed by atoms with Gasteiger partial charge in [-0.1, -0.05) is 63.8 Å². The fourth-order valence-electron chi connectivity index (χ4n) is 3.37. The van der Waals surface area contributed by atoms with Gasteiger partial charge < -0.3 is 10.1 Å². The van der Waals surface area contributed by atoms with Gasteiger partial charge in [0.1, 0.15) is 0 Å². The Morgan fingerprint density at radius 2 is 2.00 bits per heavy atom. The standard InChI is InChI=1S/C19H31NO/c1-4-6-7-8-11-15(3)21-18-14-16-12-9-10-13-17(16)19(18)20-5-2/h9-10,12-13,15,18-20H,4-8,11,14H2,1-3H3. The van der Waals surface area contributed by atoms with Crippen molar-refractivity contribution in [1.82, 2.24) is 5.32 Å². The Balaban J connectivity index is 1.88. The van der Waals surface area contributed by atoms with E-state index in [1.54, 1.807) is 0 Å². The van der Waals surface area contributed by atoms with Crippen molar-refractivity contribution in [3.05, 3.63) is 35.4 Å². The van der Waals surface area contributed by atoms with E-state index in [4.69, 9.17) is 4.74 Å². The van der Waals surface area contributed by atoms with Crippen LogP contribution in [0.15, 0.2) is 24.3 Å². The molecule has 0 fully saturated rings. The van der Waals surface area contributed by atoms with E-state index in [-0.39, 0.29) is 0 Å². The van der Waals surface area contributed by atoms with Crippen molar-refractivity contribution in [2.75, 3.05) is 6.54 Å². The predicted molar refractivity (Wildman–Crippen MR) is 89.7 cm³/mol. The number of nitrogens with one attached hydrogen (secondary N) is 1. The summed E-state index contributed by atoms with van der Waals surface area (Å²) in [6.45, 7) is 7.66. The Hall–Kier alpha value is -0.860. The number of hydrogen-bond acceptors (Lipinski definition) is 2. The monoisotopic (exact) mass is 289 g/mol. The minimum Gasteiger partial charge on any atom is -0.373 e. The maximum Gasteiger partial charge on any atom is 0.0813 e. The maximum absolute atomic E-state index is 6.38. The zero-order valence-corrected chi connectivity index (χ0v) is 13.9. The van der Waals surface area contributed by atoms with Gasteiger partial charge >= 0.3 is 0 Å². The van der Waals surface area contributed by atoms with Crippen LogP contribution in [0.2, 0.25) is 0 Å². The molecule has 118 valence electrons. The summed E-state index contributed by atoms with van der Waals surface area (Å²) in [6.07, 6.45) is 8.17. The van der Waals surface area contributed by atoms with Crippen molar-refractivity contribution < 1.29 is 4.74 Å². The first-order valence-electron chi connectivity index (χ1n) is 8.72. The van der Waals surface area contributed by atoms with Gasteiger partial charge in [0.15, 0.2) is 0 Å². The molecule has 2 nitrogen and oxygen atoms in total. The smallest absolute Gasteiger partial charge is 0.0813 e. The van der Waals surface area contributed by atoms with Gasteiger partial charge in [0, 0.05) is 6.42 Å². The molecule has 2 heteroatoms. The van der Waals surface area contributed by atoms with Crippen LogP contribution in [0.1, 0.15) is 70.0 Å². The average Bonchev–Trinajstić information content (AvgIpc) is 2.82. The van der Waals surface area contributed by atoms with Gasteiger partial charge in [-0.3, -0.25) is 0 Å². The van der Waals surface area contributed by atoms with Crippen LogP contribution in [0.25, 0.3) is 0 Å². The molecule has 0 radical (unpaired) electrons. The van der Waals surface area contributed by atoms with Crippen LogP contribution in [-0.2, 0) is 11.2 Å². The SMILES string of the molecule is CCCCCCC(C)OC1Cc2ccccc2C1NCC. The number of fused-ring (bicyclic) bond motifs is 1. The second-order valence-corrected chi connectivity index (χ2v) is 6.27. The highest BCUT2D eigenvalue weighted by Crippen LogP contribution is 2.34. The van der Waals surface area contributed by atoms with Gasteiger partial charge in [0.05, 0.1) is 18.2 Å². The lowest BCUT2D eigenvalue weighted by Crippen LogP contribution is -2.33. The quantitative estimate of drug-likeness (QED) is 0.669. The summed E-state index contributed by atoms with van der Waals surface area (Å²) in [6, 6.07) is 9.13. The fourth-order valence-corrected chi connectivity index (χ4v) is 3.37. The molecule has 0 amide bonds. The minimum absolute atomic E-state index is 0.295. The van der Waals surface area contributed by atoms with Crippen LogP contribution in [0.4, 0.5) is 0 Å². The highest BCUT2D eigenvalue weighted by atomic mass is 16.5. The summed E-state index contributed by atoms with van der Waals surface area (Å²) < 4.78 is 6.38. The third-order valence-corrected chi connectivity index (χ3v) is 4.48. The zero-order valence-electron chi connectivity index (χ0n) is 13.9. The highest BCUT2D eigenvalue weighted by Gasteiger charge is 2.33. The van der Waals surface area contributed by atoms with Crippen molar-refractivity contribution >= 4 is 0 Å². The van der Waals surface area contributed by atoms with Crippen molar-refractivity contribution in [1.29, 1.82) is 0 Å². The summed E-state index contributed by atoms with van der Waals surface area (Å²) in [5.74, 6) is 0. The third kappa shape index (κ3) is 4.55. The molecule has 3 atom stereocenters. The van der Waals surface area contributed by atoms with Crippen LogP contribution in [0.5, 0.6) is 0 Å². The van der Waals surface area contributed by atoms with Crippen LogP contribution >= 0.6 is 0 Å². The highest BCUT2D eigenvalue weighted by molar-refractivity contribution is 5.36. The van der Waals surface area contributed by atoms with Gasteiger partial charge in [-0.2, -0.15) is 0 Å². The van der Waals surface area contributed by atoms with E-state index >= 15 is 0 Å². The number of hydrogen-bond donors (Lipinski definition) is 1. The Kier molecular flexibility index (Phi) is 6.72. The van der Waals surface area contributed by atoms with Gasteiger partial charge in [-0.25, -0.2) is 0 Å². The summed E-state index contributed by atoms with van der Waals surface area (Å²) in [7, 11) is 0. The second-order valence-electron chi connectivity index (χ2n) is 6.27. The molecule has 0 heterocycles. The van der Waals surface area contributed by atoms with E-state index in [0.29, 0.717) is 18.2 Å². The summed E-state index contributed by atoms with van der Waals surface area (Å²) in [5, 5.41) is 3.61. The number of unbranched alkanes of at least 4 members (excludes halogenated alkanes) is 3.